The summed E-state index contributed by atoms with van der Waals surface area (Å²) in [5.74, 6) is -2.88. The van der Waals surface area contributed by atoms with Crippen molar-refractivity contribution in [1.82, 2.24) is 15.2 Å². The minimum absolute atomic E-state index is 0.0413. The maximum absolute atomic E-state index is 12.4. The summed E-state index contributed by atoms with van der Waals surface area (Å²) >= 11 is 0. The zero-order valence-electron chi connectivity index (χ0n) is 16.4. The number of rotatable bonds is 3. The molecule has 6 nitrogen and oxygen atoms in total. The molecule has 0 saturated carbocycles. The number of carbonyl (C=O) groups is 2. The monoisotopic (exact) mass is 392 g/mol. The molecule has 2 aliphatic rings. The summed E-state index contributed by atoms with van der Waals surface area (Å²) in [7, 11) is 1.54. The number of nitrogens with zero attached hydrogens (tertiary/aromatic N) is 3. The van der Waals surface area contributed by atoms with E-state index in [1.807, 2.05) is 32.1 Å². The highest BCUT2D eigenvalue weighted by atomic mass is 19.3. The summed E-state index contributed by atoms with van der Waals surface area (Å²) in [4.78, 5) is 27.5. The second-order valence-electron chi connectivity index (χ2n) is 6.14. The summed E-state index contributed by atoms with van der Waals surface area (Å²) in [5.41, 5.74) is 0.586. The van der Waals surface area contributed by atoms with E-state index >= 15 is 0 Å². The molecule has 1 atom stereocenters. The third-order valence-corrected chi connectivity index (χ3v) is 4.12. The van der Waals surface area contributed by atoms with Gasteiger partial charge in [0.15, 0.2) is 0 Å². The van der Waals surface area contributed by atoms with Gasteiger partial charge >= 0.3 is 0 Å². The minimum atomic E-state index is -2.66. The van der Waals surface area contributed by atoms with Crippen molar-refractivity contribution in [1.29, 1.82) is 5.26 Å². The first-order valence-corrected chi connectivity index (χ1v) is 9.23. The molecule has 0 aromatic carbocycles. The van der Waals surface area contributed by atoms with E-state index in [1.165, 1.54) is 11.9 Å². The predicted molar refractivity (Wildman–Crippen MR) is 103 cm³/mol. The molecule has 0 radical (unpaired) electrons. The number of nitriles is 1. The number of hydrogen-bond acceptors (Lipinski definition) is 5. The predicted octanol–water partition coefficient (Wildman–Crippen LogP) is 1.24. The molecule has 1 amide bonds. The normalized spacial score (nSPS) is 19.1. The lowest BCUT2D eigenvalue weighted by Gasteiger charge is -2.09. The molecule has 1 aromatic rings. The third kappa shape index (κ3) is 6.50. The van der Waals surface area contributed by atoms with Crippen molar-refractivity contribution >= 4 is 24.3 Å². The summed E-state index contributed by atoms with van der Waals surface area (Å²) in [6.07, 6.45) is 7.88. The van der Waals surface area contributed by atoms with Gasteiger partial charge in [0.1, 0.15) is 12.3 Å². The number of pyridine rings is 1. The number of fused-ring (bicyclic) bond motifs is 1. The van der Waals surface area contributed by atoms with Crippen LogP contribution in [0.3, 0.4) is 0 Å². The lowest BCUT2D eigenvalue weighted by molar-refractivity contribution is -0.107. The van der Waals surface area contributed by atoms with Gasteiger partial charge in [-0.1, -0.05) is 26.0 Å². The van der Waals surface area contributed by atoms with Gasteiger partial charge in [-0.3, -0.25) is 14.7 Å². The van der Waals surface area contributed by atoms with Gasteiger partial charge < -0.3 is 10.1 Å². The number of carbonyl (C=O) groups excluding carboxylic acids is 2. The van der Waals surface area contributed by atoms with E-state index in [-0.39, 0.29) is 25.4 Å². The van der Waals surface area contributed by atoms with Crippen LogP contribution >= 0.6 is 0 Å². The highest BCUT2D eigenvalue weighted by molar-refractivity contribution is 5.95. The van der Waals surface area contributed by atoms with E-state index < -0.39 is 12.0 Å². The van der Waals surface area contributed by atoms with E-state index in [0.717, 1.165) is 23.4 Å². The Hall–Kier alpha value is -2.66. The van der Waals surface area contributed by atoms with Gasteiger partial charge in [0, 0.05) is 23.4 Å². The Morgan fingerprint density at radius 1 is 1.43 bits per heavy atom. The Bertz CT molecular complexity index is 834. The lowest BCUT2D eigenvalue weighted by Crippen LogP contribution is -2.39. The maximum Gasteiger partial charge on any atom is 0.263 e. The lowest BCUT2D eigenvalue weighted by atomic mass is 10.1. The van der Waals surface area contributed by atoms with Gasteiger partial charge in [-0.2, -0.15) is 5.26 Å². The number of aromatic nitrogens is 1. The van der Waals surface area contributed by atoms with Crippen LogP contribution in [-0.2, 0) is 4.79 Å². The first-order chi connectivity index (χ1) is 13.4. The van der Waals surface area contributed by atoms with Crippen LogP contribution in [0.4, 0.5) is 8.78 Å². The Morgan fingerprint density at radius 3 is 2.64 bits per heavy atom. The highest BCUT2D eigenvalue weighted by Gasteiger charge is 2.43. The molecule has 1 saturated heterocycles. The highest BCUT2D eigenvalue weighted by Crippen LogP contribution is 2.30. The molecule has 152 valence electrons. The van der Waals surface area contributed by atoms with Crippen LogP contribution in [-0.4, -0.2) is 54.2 Å². The zero-order chi connectivity index (χ0) is 21.2. The largest absolute Gasteiger partial charge is 0.345 e. The second-order valence-corrected chi connectivity index (χ2v) is 6.14. The molecule has 1 aliphatic heterocycles. The van der Waals surface area contributed by atoms with E-state index in [4.69, 9.17) is 5.26 Å². The van der Waals surface area contributed by atoms with Crippen molar-refractivity contribution in [2.24, 2.45) is 0 Å². The summed E-state index contributed by atoms with van der Waals surface area (Å²) < 4.78 is 24.9. The standard InChI is InChI=1S/C12H12N2O2.C6H8F2N2.C2H6/c15-8-7-14-12(16)10-5-6-13-11-4-2-1-3-9(10)11;1-10-4-6(7,8)2-5(10)3-9;1-2/h3-6,8H,1-2,7H2,(H,14,16);5H,2,4H2,1H3;1-2H3. The van der Waals surface area contributed by atoms with Gasteiger partial charge in [0.25, 0.3) is 11.8 Å². The third-order valence-electron chi connectivity index (χ3n) is 4.12. The van der Waals surface area contributed by atoms with E-state index in [9.17, 15) is 18.4 Å². The van der Waals surface area contributed by atoms with Gasteiger partial charge in [0.2, 0.25) is 0 Å². The second kappa shape index (κ2) is 11.2. The number of nitrogens with one attached hydrogen (secondary N) is 1. The van der Waals surface area contributed by atoms with Crippen molar-refractivity contribution in [3.8, 4) is 6.07 Å². The molecule has 0 spiro atoms. The van der Waals surface area contributed by atoms with Crippen molar-refractivity contribution in [3.63, 3.8) is 0 Å². The summed E-state index contributed by atoms with van der Waals surface area (Å²) in [6.45, 7) is 3.75. The Kier molecular flexibility index (Phi) is 9.39. The summed E-state index contributed by atoms with van der Waals surface area (Å²) in [6, 6.07) is 2.89. The maximum atomic E-state index is 12.4. The smallest absolute Gasteiger partial charge is 0.263 e. The number of likely N-dealkylation sites (tertiary alicyclic amines) is 1. The number of hydrogen-bond donors (Lipinski definition) is 1. The molecule has 3 rings (SSSR count). The van der Waals surface area contributed by atoms with Crippen LogP contribution in [0, 0.1) is 11.3 Å². The summed E-state index contributed by atoms with van der Waals surface area (Å²) in [5, 5.41) is 12.6. The molecule has 1 aliphatic carbocycles. The molecule has 2 heterocycles. The molecule has 8 heteroatoms. The number of alkyl halides is 2. The molecule has 1 N–H and O–H groups in total. The van der Waals surface area contributed by atoms with E-state index in [2.05, 4.69) is 10.3 Å². The van der Waals surface area contributed by atoms with Crippen molar-refractivity contribution < 1.29 is 18.4 Å². The fourth-order valence-electron chi connectivity index (χ4n) is 2.86. The zero-order valence-corrected chi connectivity index (χ0v) is 16.4. The van der Waals surface area contributed by atoms with Gasteiger partial charge in [-0.25, -0.2) is 8.78 Å². The average molecular weight is 392 g/mol. The van der Waals surface area contributed by atoms with Gasteiger partial charge in [-0.15, -0.1) is 0 Å². The first kappa shape index (κ1) is 23.4. The van der Waals surface area contributed by atoms with Crippen LogP contribution in [0.5, 0.6) is 0 Å². The Morgan fingerprint density at radius 2 is 2.11 bits per heavy atom. The SMILES string of the molecule is CC.CN1CC(F)(F)CC1C#N.O=CCNC(=O)c1ccnc2c1=CCCC=2. The van der Waals surface area contributed by atoms with Gasteiger partial charge in [0.05, 0.1) is 24.5 Å². The first-order valence-electron chi connectivity index (χ1n) is 9.23. The molecule has 1 fully saturated rings. The van der Waals surface area contributed by atoms with Crippen molar-refractivity contribution in [2.75, 3.05) is 20.1 Å². The minimum Gasteiger partial charge on any atom is -0.345 e. The molecular formula is C20H26F2N4O2. The Balaban J connectivity index is 0.000000281. The van der Waals surface area contributed by atoms with Crippen LogP contribution in [0.15, 0.2) is 12.3 Å². The number of amides is 1. The van der Waals surface area contributed by atoms with E-state index in [0.29, 0.717) is 11.8 Å². The van der Waals surface area contributed by atoms with E-state index in [1.54, 1.807) is 12.3 Å². The molecular weight excluding hydrogens is 366 g/mol. The van der Waals surface area contributed by atoms with Gasteiger partial charge in [-0.05, 0) is 26.0 Å². The fraction of sp³-hybridized carbons (Fsp3) is 0.500. The Labute approximate surface area is 163 Å². The molecule has 0 bridgehead atoms. The van der Waals surface area contributed by atoms with Crippen LogP contribution in [0.1, 0.15) is 43.5 Å². The van der Waals surface area contributed by atoms with Crippen LogP contribution in [0.2, 0.25) is 0 Å². The van der Waals surface area contributed by atoms with Crippen molar-refractivity contribution in [3.05, 3.63) is 28.4 Å². The molecule has 1 aromatic heterocycles. The number of halogens is 2. The quantitative estimate of drug-likeness (QED) is 0.783. The topological polar surface area (TPSA) is 86.1 Å². The average Bonchev–Trinajstić information content (AvgIpc) is 2.99. The van der Waals surface area contributed by atoms with Crippen molar-refractivity contribution in [2.45, 2.75) is 45.1 Å². The van der Waals surface area contributed by atoms with Crippen LogP contribution < -0.4 is 15.9 Å². The van der Waals surface area contributed by atoms with Crippen LogP contribution in [0.25, 0.3) is 12.2 Å². The molecule has 1 unspecified atom stereocenters. The molecule has 28 heavy (non-hydrogen) atoms. The number of aldehydes is 1. The fourth-order valence-corrected chi connectivity index (χ4v) is 2.86.